The molecule has 1 aliphatic rings. The molecule has 0 amide bonds. The lowest BCUT2D eigenvalue weighted by molar-refractivity contribution is -0.483. The van der Waals surface area contributed by atoms with Crippen molar-refractivity contribution in [3.05, 3.63) is 53.1 Å². The first-order valence-electron chi connectivity index (χ1n) is 12.9. The van der Waals surface area contributed by atoms with Gasteiger partial charge in [0.25, 0.3) is 0 Å². The molecule has 0 radical (unpaired) electrons. The van der Waals surface area contributed by atoms with Crippen molar-refractivity contribution in [2.24, 2.45) is 0 Å². The maximum absolute atomic E-state index is 14.2. The largest absolute Gasteiger partial charge is 1.00 e. The molecule has 0 spiro atoms. The highest BCUT2D eigenvalue weighted by molar-refractivity contribution is 6.00. The topological polar surface area (TPSA) is 21.5 Å². The van der Waals surface area contributed by atoms with Crippen LogP contribution in [0.25, 0.3) is 0 Å². The third-order valence-electron chi connectivity index (χ3n) is 6.87. The molecule has 0 aliphatic carbocycles. The number of hydrogen-bond acceptors (Lipinski definition) is 2. The minimum absolute atomic E-state index is 0. The second-order valence-electron chi connectivity index (χ2n) is 9.41. The molecule has 2 aromatic carbocycles. The molecular weight excluding hydrogens is 468 g/mol. The molecule has 194 valence electrons. The number of hydrogen-bond donors (Lipinski definition) is 0. The Morgan fingerprint density at radius 1 is 0.829 bits per heavy atom. The van der Waals surface area contributed by atoms with Gasteiger partial charge >= 0.3 is 0 Å². The average molecular weight is 508 g/mol. The van der Waals surface area contributed by atoms with E-state index in [0.717, 1.165) is 36.3 Å². The van der Waals surface area contributed by atoms with E-state index in [2.05, 4.69) is 24.5 Å². The van der Waals surface area contributed by atoms with E-state index in [1.807, 2.05) is 6.07 Å². The van der Waals surface area contributed by atoms with Crippen molar-refractivity contribution in [2.45, 2.75) is 90.5 Å². The van der Waals surface area contributed by atoms with E-state index in [9.17, 15) is 8.78 Å². The second kappa shape index (κ2) is 14.4. The Labute approximate surface area is 216 Å². The van der Waals surface area contributed by atoms with E-state index in [1.54, 1.807) is 20.3 Å². The lowest BCUT2D eigenvalue weighted by atomic mass is 9.89. The highest BCUT2D eigenvalue weighted by atomic mass is 35.5. The lowest BCUT2D eigenvalue weighted by Crippen LogP contribution is -3.00. The predicted molar refractivity (Wildman–Crippen MR) is 135 cm³/mol. The number of halogens is 3. The monoisotopic (exact) mass is 507 g/mol. The van der Waals surface area contributed by atoms with Gasteiger partial charge in [-0.1, -0.05) is 58.3 Å². The van der Waals surface area contributed by atoms with Gasteiger partial charge in [0.1, 0.15) is 0 Å². The molecular formula is C29H40ClF2NO2. The van der Waals surface area contributed by atoms with Gasteiger partial charge in [0, 0.05) is 30.5 Å². The van der Waals surface area contributed by atoms with Crippen LogP contribution in [0.4, 0.5) is 14.5 Å². The van der Waals surface area contributed by atoms with Crippen molar-refractivity contribution in [3.8, 4) is 11.5 Å². The molecule has 2 aromatic rings. The van der Waals surface area contributed by atoms with Gasteiger partial charge in [0.05, 0.1) is 14.2 Å². The van der Waals surface area contributed by atoms with Crippen molar-refractivity contribution in [1.29, 1.82) is 0 Å². The molecule has 6 heteroatoms. The maximum Gasteiger partial charge on any atom is 0.208 e. The van der Waals surface area contributed by atoms with Crippen LogP contribution in [0.1, 0.15) is 89.2 Å². The molecule has 35 heavy (non-hydrogen) atoms. The number of benzene rings is 2. The van der Waals surface area contributed by atoms with Crippen LogP contribution in [-0.2, 0) is 6.42 Å². The first-order valence-corrected chi connectivity index (χ1v) is 12.9. The van der Waals surface area contributed by atoms with Crippen LogP contribution in [0, 0.1) is 11.6 Å². The summed E-state index contributed by atoms with van der Waals surface area (Å²) >= 11 is 0. The van der Waals surface area contributed by atoms with Crippen LogP contribution in [0.5, 0.6) is 11.5 Å². The first kappa shape index (κ1) is 29.1. The summed E-state index contributed by atoms with van der Waals surface area (Å²) in [4.78, 5) is 0. The van der Waals surface area contributed by atoms with E-state index in [4.69, 9.17) is 9.47 Å². The average Bonchev–Trinajstić information content (AvgIpc) is 2.83. The standard InChI is InChI=1S/C29H40F2NO2.ClH/c1-5-6-7-8-9-10-11-12-13-14-27-24-20-29(34-4)28(33-3)18-22(24)17-21(2)32(27)23-15-16-25(30)26(31)19-23;/h15-16,18-21H,5-14,17H2,1-4H3;1H/q+1;/p-1. The second-order valence-corrected chi connectivity index (χ2v) is 9.41. The van der Waals surface area contributed by atoms with Crippen LogP contribution < -0.4 is 21.9 Å². The fourth-order valence-corrected chi connectivity index (χ4v) is 5.07. The fourth-order valence-electron chi connectivity index (χ4n) is 5.07. The van der Waals surface area contributed by atoms with Gasteiger partial charge in [-0.3, -0.25) is 0 Å². The van der Waals surface area contributed by atoms with Crippen molar-refractivity contribution in [2.75, 3.05) is 14.2 Å². The highest BCUT2D eigenvalue weighted by Crippen LogP contribution is 2.36. The molecule has 0 saturated carbocycles. The maximum atomic E-state index is 14.2. The Morgan fingerprint density at radius 2 is 1.43 bits per heavy atom. The third-order valence-corrected chi connectivity index (χ3v) is 6.87. The summed E-state index contributed by atoms with van der Waals surface area (Å²) in [5.41, 5.74) is 4.15. The van der Waals surface area contributed by atoms with Crippen LogP contribution in [0.2, 0.25) is 0 Å². The summed E-state index contributed by atoms with van der Waals surface area (Å²) in [5, 5.41) is 0. The summed E-state index contributed by atoms with van der Waals surface area (Å²) in [6.45, 7) is 4.38. The minimum Gasteiger partial charge on any atom is -1.00 e. The molecule has 0 bridgehead atoms. The van der Waals surface area contributed by atoms with E-state index in [-0.39, 0.29) is 18.4 Å². The lowest BCUT2D eigenvalue weighted by Gasteiger charge is -2.24. The van der Waals surface area contributed by atoms with Gasteiger partial charge in [-0.15, -0.1) is 0 Å². The number of rotatable bonds is 13. The van der Waals surface area contributed by atoms with E-state index >= 15 is 0 Å². The van der Waals surface area contributed by atoms with Crippen molar-refractivity contribution >= 4 is 11.4 Å². The first-order chi connectivity index (χ1) is 16.5. The number of methoxy groups -OCH3 is 2. The smallest absolute Gasteiger partial charge is 0.208 e. The van der Waals surface area contributed by atoms with Gasteiger partial charge in [0.15, 0.2) is 34.9 Å². The molecule has 0 fully saturated rings. The van der Waals surface area contributed by atoms with E-state index in [0.29, 0.717) is 11.4 Å². The minimum atomic E-state index is -0.819. The van der Waals surface area contributed by atoms with Crippen LogP contribution in [0.3, 0.4) is 0 Å². The molecule has 1 heterocycles. The quantitative estimate of drug-likeness (QED) is 0.281. The number of unbranched alkanes of at least 4 members (excludes halogenated alkanes) is 8. The molecule has 3 rings (SSSR count). The fraction of sp³-hybridized carbons (Fsp3) is 0.552. The molecule has 0 aromatic heterocycles. The van der Waals surface area contributed by atoms with E-state index < -0.39 is 11.6 Å². The normalized spacial score (nSPS) is 15.0. The van der Waals surface area contributed by atoms with Gasteiger partial charge in [-0.25, -0.2) is 8.78 Å². The molecule has 3 nitrogen and oxygen atoms in total. The Kier molecular flexibility index (Phi) is 12.0. The Bertz CT molecular complexity index is 993. The van der Waals surface area contributed by atoms with Gasteiger partial charge in [0.2, 0.25) is 5.69 Å². The molecule has 1 unspecified atom stereocenters. The number of fused-ring (bicyclic) bond motifs is 1. The number of nitrogens with zero attached hydrogens (tertiary/aromatic N) is 1. The van der Waals surface area contributed by atoms with Gasteiger partial charge in [-0.05, 0) is 37.1 Å². The zero-order chi connectivity index (χ0) is 24.5. The highest BCUT2D eigenvalue weighted by Gasteiger charge is 2.34. The van der Waals surface area contributed by atoms with Crippen molar-refractivity contribution in [1.82, 2.24) is 0 Å². The molecule has 1 atom stereocenters. The summed E-state index contributed by atoms with van der Waals surface area (Å²) < 4.78 is 41.1. The van der Waals surface area contributed by atoms with Gasteiger partial charge < -0.3 is 21.9 Å². The molecule has 1 aliphatic heterocycles. The number of ether oxygens (including phenoxy) is 2. The summed E-state index contributed by atoms with van der Waals surface area (Å²) in [7, 11) is 3.29. The third kappa shape index (κ3) is 7.42. The zero-order valence-corrected chi connectivity index (χ0v) is 22.4. The van der Waals surface area contributed by atoms with Crippen molar-refractivity contribution < 1.29 is 35.2 Å². The molecule has 0 N–H and O–H groups in total. The Hall–Kier alpha value is -2.14. The van der Waals surface area contributed by atoms with Gasteiger partial charge in [-0.2, -0.15) is 4.58 Å². The summed E-state index contributed by atoms with van der Waals surface area (Å²) in [5.74, 6) is -0.228. The summed E-state index contributed by atoms with van der Waals surface area (Å²) in [6, 6.07) is 8.42. The van der Waals surface area contributed by atoms with Crippen LogP contribution in [-0.4, -0.2) is 30.5 Å². The Morgan fingerprint density at radius 3 is 2.03 bits per heavy atom. The predicted octanol–water partition coefficient (Wildman–Crippen LogP) is 4.98. The molecule has 0 saturated heterocycles. The van der Waals surface area contributed by atoms with E-state index in [1.165, 1.54) is 69.1 Å². The van der Waals surface area contributed by atoms with Crippen LogP contribution >= 0.6 is 0 Å². The SMILES string of the molecule is CCCCCCCCCCCC1=[N+](c2ccc(F)c(F)c2)C(C)Cc2cc(OC)c(OC)cc21.[Cl-]. The Balaban J connectivity index is 0.00000432. The summed E-state index contributed by atoms with van der Waals surface area (Å²) in [6.07, 6.45) is 13.0. The van der Waals surface area contributed by atoms with Crippen molar-refractivity contribution in [3.63, 3.8) is 0 Å². The zero-order valence-electron chi connectivity index (χ0n) is 21.6. The van der Waals surface area contributed by atoms with Crippen LogP contribution in [0.15, 0.2) is 30.3 Å².